The molecule has 3 aliphatic rings. The van der Waals surface area contributed by atoms with Crippen LogP contribution in [0.3, 0.4) is 0 Å². The van der Waals surface area contributed by atoms with Crippen LogP contribution in [0.5, 0.6) is 0 Å². The van der Waals surface area contributed by atoms with E-state index >= 15 is 0 Å². The molecule has 178 valence electrons. The third-order valence-electron chi connectivity index (χ3n) is 6.75. The number of amides is 3. The lowest BCUT2D eigenvalue weighted by Gasteiger charge is -2.36. The average molecular weight is 466 g/mol. The van der Waals surface area contributed by atoms with Gasteiger partial charge in [-0.2, -0.15) is 13.2 Å². The van der Waals surface area contributed by atoms with E-state index in [1.807, 2.05) is 0 Å². The Kier molecular flexibility index (Phi) is 5.96. The summed E-state index contributed by atoms with van der Waals surface area (Å²) in [4.78, 5) is 54.4. The number of halogens is 3. The molecule has 1 aliphatic carbocycles. The number of methoxy groups -OCH3 is 1. The van der Waals surface area contributed by atoms with Gasteiger partial charge in [-0.3, -0.25) is 19.3 Å². The Morgan fingerprint density at radius 1 is 1.15 bits per heavy atom. The van der Waals surface area contributed by atoms with Crippen LogP contribution in [0.2, 0.25) is 0 Å². The van der Waals surface area contributed by atoms with Crippen LogP contribution in [0, 0.1) is 0 Å². The fourth-order valence-electron chi connectivity index (χ4n) is 4.89. The Bertz CT molecular complexity index is 991. The van der Waals surface area contributed by atoms with Crippen LogP contribution in [0.25, 0.3) is 0 Å². The van der Waals surface area contributed by atoms with Crippen molar-refractivity contribution in [1.82, 2.24) is 9.80 Å². The molecule has 3 amide bonds. The van der Waals surface area contributed by atoms with Crippen molar-refractivity contribution in [2.24, 2.45) is 0 Å². The Hall–Kier alpha value is -2.91. The highest BCUT2D eigenvalue weighted by atomic mass is 19.4. The molecule has 2 atom stereocenters. The molecule has 2 saturated heterocycles. The van der Waals surface area contributed by atoms with Gasteiger partial charge in [-0.25, -0.2) is 4.79 Å². The predicted molar refractivity (Wildman–Crippen MR) is 109 cm³/mol. The molecule has 1 saturated carbocycles. The summed E-state index contributed by atoms with van der Waals surface area (Å²) in [5, 5.41) is 0. The number of carbonyl (C=O) groups is 4. The summed E-state index contributed by atoms with van der Waals surface area (Å²) < 4.78 is 45.0. The maximum Gasteiger partial charge on any atom is 0.416 e. The van der Waals surface area contributed by atoms with Crippen LogP contribution in [0.4, 0.5) is 13.2 Å². The van der Waals surface area contributed by atoms with E-state index in [9.17, 15) is 32.3 Å². The Labute approximate surface area is 188 Å². The molecule has 0 radical (unpaired) electrons. The maximum absolute atomic E-state index is 13.5. The highest BCUT2D eigenvalue weighted by molar-refractivity contribution is 6.11. The first-order chi connectivity index (χ1) is 15.6. The fraction of sp³-hybridized carbons (Fsp3) is 0.565. The lowest BCUT2D eigenvalue weighted by molar-refractivity contribution is -0.155. The molecule has 0 aromatic heterocycles. The molecular weight excluding hydrogens is 441 g/mol. The number of alkyl halides is 3. The first-order valence-corrected chi connectivity index (χ1v) is 11.0. The smallest absolute Gasteiger partial charge is 0.416 e. The highest BCUT2D eigenvalue weighted by Crippen LogP contribution is 2.45. The number of rotatable bonds is 5. The number of piperidine rings is 1. The van der Waals surface area contributed by atoms with Crippen molar-refractivity contribution < 1.29 is 37.1 Å². The number of nitrogens with zero attached hydrogens (tertiary/aromatic N) is 2. The number of esters is 1. The summed E-state index contributed by atoms with van der Waals surface area (Å²) in [5.41, 5.74) is -2.71. The van der Waals surface area contributed by atoms with Crippen molar-refractivity contribution in [3.8, 4) is 0 Å². The number of ether oxygens (including phenoxy) is 1. The van der Waals surface area contributed by atoms with E-state index in [1.54, 1.807) is 0 Å². The molecule has 2 unspecified atom stereocenters. The second-order valence-electron chi connectivity index (χ2n) is 8.94. The minimum Gasteiger partial charge on any atom is -0.467 e. The van der Waals surface area contributed by atoms with Gasteiger partial charge < -0.3 is 9.64 Å². The topological polar surface area (TPSA) is 84.0 Å². The highest BCUT2D eigenvalue weighted by Gasteiger charge is 2.58. The molecule has 1 aromatic rings. The summed E-state index contributed by atoms with van der Waals surface area (Å²) in [6, 6.07) is 3.19. The van der Waals surface area contributed by atoms with Crippen molar-refractivity contribution in [3.63, 3.8) is 0 Å². The molecular formula is C23H25F3N2O5. The van der Waals surface area contributed by atoms with Gasteiger partial charge in [0.05, 0.1) is 18.1 Å². The molecule has 10 heteroatoms. The number of benzene rings is 1. The molecule has 2 heterocycles. The monoisotopic (exact) mass is 466 g/mol. The molecule has 33 heavy (non-hydrogen) atoms. The van der Waals surface area contributed by atoms with E-state index in [0.29, 0.717) is 25.7 Å². The summed E-state index contributed by atoms with van der Waals surface area (Å²) >= 11 is 0. The maximum atomic E-state index is 13.5. The average Bonchev–Trinajstić information content (AvgIpc) is 3.58. The van der Waals surface area contributed by atoms with E-state index in [2.05, 4.69) is 0 Å². The van der Waals surface area contributed by atoms with Gasteiger partial charge in [0.1, 0.15) is 6.04 Å². The summed E-state index contributed by atoms with van der Waals surface area (Å²) in [7, 11) is 1.22. The summed E-state index contributed by atoms with van der Waals surface area (Å²) in [5.74, 6) is -2.27. The molecule has 3 fully saturated rings. The summed E-state index contributed by atoms with van der Waals surface area (Å²) in [6.07, 6.45) is -2.48. The van der Waals surface area contributed by atoms with Gasteiger partial charge >= 0.3 is 12.1 Å². The lowest BCUT2D eigenvalue weighted by Crippen LogP contribution is -2.51. The zero-order chi connectivity index (χ0) is 24.0. The molecule has 4 rings (SSSR count). The molecule has 7 nitrogen and oxygen atoms in total. The Balaban J connectivity index is 1.73. The normalized spacial score (nSPS) is 26.0. The minimum atomic E-state index is -4.65. The van der Waals surface area contributed by atoms with Gasteiger partial charge in [-0.15, -0.1) is 0 Å². The van der Waals surface area contributed by atoms with Crippen LogP contribution >= 0.6 is 0 Å². The lowest BCUT2D eigenvalue weighted by atomic mass is 9.75. The molecule has 1 aromatic carbocycles. The third-order valence-corrected chi connectivity index (χ3v) is 6.75. The predicted octanol–water partition coefficient (Wildman–Crippen LogP) is 2.81. The second kappa shape index (κ2) is 8.46. The van der Waals surface area contributed by atoms with Crippen molar-refractivity contribution in [2.75, 3.05) is 13.7 Å². The van der Waals surface area contributed by atoms with Crippen LogP contribution in [-0.2, 0) is 35.5 Å². The van der Waals surface area contributed by atoms with Gasteiger partial charge in [-0.05, 0) is 43.7 Å². The van der Waals surface area contributed by atoms with Crippen LogP contribution in [0.15, 0.2) is 24.3 Å². The van der Waals surface area contributed by atoms with Gasteiger partial charge in [0.2, 0.25) is 17.7 Å². The zero-order valence-corrected chi connectivity index (χ0v) is 18.2. The largest absolute Gasteiger partial charge is 0.467 e. The number of hydrogen-bond donors (Lipinski definition) is 0. The number of hydrogen-bond acceptors (Lipinski definition) is 5. The third kappa shape index (κ3) is 4.22. The molecule has 2 aliphatic heterocycles. The van der Waals surface area contributed by atoms with Crippen molar-refractivity contribution in [2.45, 2.75) is 68.6 Å². The van der Waals surface area contributed by atoms with Crippen molar-refractivity contribution in [1.29, 1.82) is 0 Å². The van der Waals surface area contributed by atoms with Crippen molar-refractivity contribution in [3.05, 3.63) is 35.4 Å². The SMILES string of the molecule is COC(=O)C1CCCCN1C(=O)CC1(c2cccc(C(F)(F)F)c2)CC(=O)N(C2CC2)C1=O. The molecule has 0 spiro atoms. The van der Waals surface area contributed by atoms with Crippen LogP contribution in [-0.4, -0.2) is 59.2 Å². The Morgan fingerprint density at radius 2 is 1.88 bits per heavy atom. The van der Waals surface area contributed by atoms with Crippen molar-refractivity contribution >= 4 is 23.7 Å². The fourth-order valence-corrected chi connectivity index (χ4v) is 4.89. The zero-order valence-electron chi connectivity index (χ0n) is 18.2. The van der Waals surface area contributed by atoms with Gasteiger partial charge in [0.25, 0.3) is 0 Å². The number of carbonyl (C=O) groups excluding carboxylic acids is 4. The quantitative estimate of drug-likeness (QED) is 0.492. The second-order valence-corrected chi connectivity index (χ2v) is 8.94. The first kappa shape index (κ1) is 23.3. The number of imide groups is 1. The number of likely N-dealkylation sites (tertiary alicyclic amines) is 2. The van der Waals surface area contributed by atoms with E-state index in [-0.39, 0.29) is 24.6 Å². The molecule has 0 N–H and O–H groups in total. The standard InChI is InChI=1S/C23H25F3N2O5/c1-33-20(31)17-7-2-3-10-27(17)18(29)12-22(13-19(30)28(21(22)32)16-8-9-16)14-5-4-6-15(11-14)23(24,25)26/h4-6,11,16-17H,2-3,7-10,12-13H2,1H3. The molecule has 0 bridgehead atoms. The van der Waals surface area contributed by atoms with E-state index in [4.69, 9.17) is 4.74 Å². The Morgan fingerprint density at radius 3 is 2.52 bits per heavy atom. The van der Waals surface area contributed by atoms with E-state index < -0.39 is 53.3 Å². The van der Waals surface area contributed by atoms with Gasteiger partial charge in [-0.1, -0.05) is 18.2 Å². The van der Waals surface area contributed by atoms with E-state index in [0.717, 1.165) is 23.5 Å². The van der Waals surface area contributed by atoms with Crippen LogP contribution in [0.1, 0.15) is 56.1 Å². The first-order valence-electron chi connectivity index (χ1n) is 11.0. The minimum absolute atomic E-state index is 0.0150. The summed E-state index contributed by atoms with van der Waals surface area (Å²) in [6.45, 7) is 0.270. The van der Waals surface area contributed by atoms with Gasteiger partial charge in [0.15, 0.2) is 0 Å². The van der Waals surface area contributed by atoms with Crippen LogP contribution < -0.4 is 0 Å². The van der Waals surface area contributed by atoms with E-state index in [1.165, 1.54) is 24.1 Å². The van der Waals surface area contributed by atoms with Gasteiger partial charge in [0, 0.05) is 25.4 Å².